The normalized spacial score (nSPS) is 11.4. The first-order valence-corrected chi connectivity index (χ1v) is 10.9. The van der Waals surface area contributed by atoms with Crippen molar-refractivity contribution < 1.29 is 0 Å². The van der Waals surface area contributed by atoms with Gasteiger partial charge in [0.05, 0.1) is 11.6 Å². The first-order chi connectivity index (χ1) is 14.6. The molecule has 0 amide bonds. The minimum absolute atomic E-state index is 0.214. The van der Waals surface area contributed by atoms with Crippen LogP contribution in [0.1, 0.15) is 22.8 Å². The van der Waals surface area contributed by atoms with Gasteiger partial charge in [0.15, 0.2) is 11.2 Å². The molecule has 0 aliphatic heterocycles. The van der Waals surface area contributed by atoms with Crippen LogP contribution in [0.5, 0.6) is 0 Å². The van der Waals surface area contributed by atoms with Gasteiger partial charge in [-0.1, -0.05) is 60.7 Å². The predicted octanol–water partition coefficient (Wildman–Crippen LogP) is 3.35. The zero-order valence-corrected chi connectivity index (χ0v) is 17.9. The van der Waals surface area contributed by atoms with E-state index in [0.29, 0.717) is 17.7 Å². The third kappa shape index (κ3) is 3.85. The summed E-state index contributed by atoms with van der Waals surface area (Å²) in [4.78, 5) is 29.7. The van der Waals surface area contributed by atoms with E-state index in [-0.39, 0.29) is 16.5 Å². The van der Waals surface area contributed by atoms with Gasteiger partial charge in [-0.3, -0.25) is 13.9 Å². The number of rotatable bonds is 7. The molecular weight excluding hydrogens is 396 g/mol. The summed E-state index contributed by atoms with van der Waals surface area (Å²) in [6.45, 7) is 0.385. The van der Waals surface area contributed by atoms with Gasteiger partial charge < -0.3 is 4.57 Å². The summed E-state index contributed by atoms with van der Waals surface area (Å²) >= 11 is 1.83. The van der Waals surface area contributed by atoms with E-state index in [1.807, 2.05) is 23.9 Å². The van der Waals surface area contributed by atoms with Crippen molar-refractivity contribution in [2.75, 3.05) is 5.75 Å². The molecule has 0 atom stereocenters. The van der Waals surface area contributed by atoms with Crippen molar-refractivity contribution >= 4 is 22.9 Å². The lowest BCUT2D eigenvalue weighted by atomic mass is 10.0. The number of thioether (sulfide) groups is 1. The molecule has 154 valence electrons. The minimum atomic E-state index is -0.320. The number of aromatic nitrogens is 4. The molecule has 0 saturated carbocycles. The van der Waals surface area contributed by atoms with E-state index >= 15 is 0 Å². The lowest BCUT2D eigenvalue weighted by Gasteiger charge is -2.18. The van der Waals surface area contributed by atoms with Crippen LogP contribution < -0.4 is 11.2 Å². The molecule has 4 aromatic rings. The number of hydrogen-bond donors (Lipinski definition) is 0. The summed E-state index contributed by atoms with van der Waals surface area (Å²) in [5.74, 6) is 0.827. The van der Waals surface area contributed by atoms with Crippen molar-refractivity contribution in [1.82, 2.24) is 18.7 Å². The minimum Gasteiger partial charge on any atom is -0.328 e. The number of benzene rings is 2. The highest BCUT2D eigenvalue weighted by molar-refractivity contribution is 7.99. The molecule has 0 fully saturated rings. The molecule has 2 heterocycles. The Kier molecular flexibility index (Phi) is 5.90. The van der Waals surface area contributed by atoms with Crippen LogP contribution in [0, 0.1) is 0 Å². The molecule has 0 radical (unpaired) electrons. The SMILES string of the molecule is Cn1cnc2c1c(=O)n(CCCSC(c1ccccc1)c1ccccc1)c(=O)n2C. The second kappa shape index (κ2) is 8.75. The number of nitrogens with zero attached hydrogens (tertiary/aromatic N) is 4. The average Bonchev–Trinajstić information content (AvgIpc) is 3.17. The van der Waals surface area contributed by atoms with Crippen LogP contribution in [0.2, 0.25) is 0 Å². The zero-order valence-electron chi connectivity index (χ0n) is 17.1. The Hall–Kier alpha value is -3.06. The Labute approximate surface area is 178 Å². The fourth-order valence-corrected chi connectivity index (χ4v) is 4.89. The summed E-state index contributed by atoms with van der Waals surface area (Å²) < 4.78 is 4.44. The molecular formula is C23H24N4O2S. The lowest BCUT2D eigenvalue weighted by molar-refractivity contribution is 0.594. The van der Waals surface area contributed by atoms with E-state index in [4.69, 9.17) is 0 Å². The maximum Gasteiger partial charge on any atom is 0.332 e. The summed E-state index contributed by atoms with van der Waals surface area (Å²) in [6.07, 6.45) is 2.29. The fourth-order valence-electron chi connectivity index (χ4n) is 3.66. The van der Waals surface area contributed by atoms with Crippen LogP contribution in [-0.2, 0) is 20.6 Å². The fraction of sp³-hybridized carbons (Fsp3) is 0.261. The van der Waals surface area contributed by atoms with E-state index in [1.54, 1.807) is 25.0 Å². The Morgan fingerprint density at radius 2 is 1.53 bits per heavy atom. The molecule has 0 spiro atoms. The molecule has 2 aromatic carbocycles. The molecule has 0 saturated heterocycles. The third-order valence-electron chi connectivity index (χ3n) is 5.22. The maximum absolute atomic E-state index is 12.8. The number of fused-ring (bicyclic) bond motifs is 1. The standard InChI is InChI=1S/C23H24N4O2S/c1-25-16-24-21-19(25)22(28)27(23(29)26(21)2)14-9-15-30-20(17-10-5-3-6-11-17)18-12-7-4-8-13-18/h3-8,10-13,16,20H,9,14-15H2,1-2H3. The van der Waals surface area contributed by atoms with E-state index in [2.05, 4.69) is 53.5 Å². The summed E-state index contributed by atoms with van der Waals surface area (Å²) in [5, 5.41) is 0.214. The van der Waals surface area contributed by atoms with Gasteiger partial charge in [-0.05, 0) is 23.3 Å². The van der Waals surface area contributed by atoms with Crippen LogP contribution in [0.3, 0.4) is 0 Å². The molecule has 0 N–H and O–H groups in total. The monoisotopic (exact) mass is 420 g/mol. The number of aryl methyl sites for hydroxylation is 2. The predicted molar refractivity (Wildman–Crippen MR) is 122 cm³/mol. The molecule has 6 nitrogen and oxygen atoms in total. The van der Waals surface area contributed by atoms with Crippen LogP contribution in [0.15, 0.2) is 76.6 Å². The van der Waals surface area contributed by atoms with Gasteiger partial charge in [-0.2, -0.15) is 0 Å². The highest BCUT2D eigenvalue weighted by Crippen LogP contribution is 2.35. The average molecular weight is 421 g/mol. The second-order valence-corrected chi connectivity index (χ2v) is 8.46. The van der Waals surface area contributed by atoms with Gasteiger partial charge in [-0.15, -0.1) is 11.8 Å². The molecule has 30 heavy (non-hydrogen) atoms. The van der Waals surface area contributed by atoms with Gasteiger partial charge >= 0.3 is 5.69 Å². The van der Waals surface area contributed by atoms with E-state index in [1.165, 1.54) is 20.3 Å². The van der Waals surface area contributed by atoms with E-state index in [0.717, 1.165) is 12.2 Å². The molecule has 0 bridgehead atoms. The van der Waals surface area contributed by atoms with Crippen LogP contribution in [0.4, 0.5) is 0 Å². The maximum atomic E-state index is 12.8. The molecule has 4 rings (SSSR count). The molecule has 0 aliphatic rings. The molecule has 0 aliphatic carbocycles. The van der Waals surface area contributed by atoms with Gasteiger partial charge in [-0.25, -0.2) is 9.78 Å². The quantitative estimate of drug-likeness (QED) is 0.430. The zero-order chi connectivity index (χ0) is 21.1. The van der Waals surface area contributed by atoms with Gasteiger partial charge in [0.25, 0.3) is 5.56 Å². The van der Waals surface area contributed by atoms with Crippen LogP contribution in [-0.4, -0.2) is 24.4 Å². The van der Waals surface area contributed by atoms with E-state index in [9.17, 15) is 9.59 Å². The molecule has 7 heteroatoms. The largest absolute Gasteiger partial charge is 0.332 e. The van der Waals surface area contributed by atoms with Crippen molar-refractivity contribution in [3.05, 3.63) is 99.0 Å². The topological polar surface area (TPSA) is 61.8 Å². The third-order valence-corrected chi connectivity index (χ3v) is 6.62. The molecule has 2 aromatic heterocycles. The van der Waals surface area contributed by atoms with Crippen molar-refractivity contribution in [1.29, 1.82) is 0 Å². The number of hydrogen-bond acceptors (Lipinski definition) is 4. The van der Waals surface area contributed by atoms with Crippen molar-refractivity contribution in [2.45, 2.75) is 18.2 Å². The number of imidazole rings is 1. The highest BCUT2D eigenvalue weighted by Gasteiger charge is 2.16. The highest BCUT2D eigenvalue weighted by atomic mass is 32.2. The van der Waals surface area contributed by atoms with Gasteiger partial charge in [0, 0.05) is 20.6 Å². The summed E-state index contributed by atoms with van der Waals surface area (Å²) in [5.41, 5.74) is 2.78. The summed E-state index contributed by atoms with van der Waals surface area (Å²) in [7, 11) is 3.43. The van der Waals surface area contributed by atoms with Gasteiger partial charge in [0.1, 0.15) is 0 Å². The Morgan fingerprint density at radius 1 is 0.933 bits per heavy atom. The van der Waals surface area contributed by atoms with Crippen LogP contribution in [0.25, 0.3) is 11.2 Å². The van der Waals surface area contributed by atoms with Crippen LogP contribution >= 0.6 is 11.8 Å². The van der Waals surface area contributed by atoms with Crippen molar-refractivity contribution in [3.63, 3.8) is 0 Å². The Balaban J connectivity index is 1.52. The van der Waals surface area contributed by atoms with Crippen molar-refractivity contribution in [3.8, 4) is 0 Å². The van der Waals surface area contributed by atoms with Crippen molar-refractivity contribution in [2.24, 2.45) is 14.1 Å². The molecule has 0 unspecified atom stereocenters. The summed E-state index contributed by atoms with van der Waals surface area (Å²) in [6, 6.07) is 20.8. The van der Waals surface area contributed by atoms with Gasteiger partial charge in [0.2, 0.25) is 0 Å². The van der Waals surface area contributed by atoms with E-state index < -0.39 is 0 Å². The Morgan fingerprint density at radius 3 is 2.13 bits per heavy atom. The second-order valence-electron chi connectivity index (χ2n) is 7.25. The first kappa shape index (κ1) is 20.2. The first-order valence-electron chi connectivity index (χ1n) is 9.90. The lowest BCUT2D eigenvalue weighted by Crippen LogP contribution is -2.39. The smallest absolute Gasteiger partial charge is 0.328 e. The Bertz CT molecular complexity index is 1220.